The topological polar surface area (TPSA) is 66.0 Å². The molecular weight excluding hydrogens is 431 g/mol. The van der Waals surface area contributed by atoms with Crippen LogP contribution in [0.15, 0.2) is 29.3 Å². The fraction of sp³-hybridized carbons (Fsp3) is 0.556. The third kappa shape index (κ3) is 6.37. The van der Waals surface area contributed by atoms with E-state index in [1.807, 2.05) is 12.1 Å². The van der Waals surface area contributed by atoms with E-state index in [2.05, 4.69) is 34.4 Å². The molecule has 0 saturated carbocycles. The first kappa shape index (κ1) is 21.5. The molecule has 0 bridgehead atoms. The number of hydrogen-bond donors (Lipinski definition) is 2. The lowest BCUT2D eigenvalue weighted by Crippen LogP contribution is -2.43. The summed E-state index contributed by atoms with van der Waals surface area (Å²) in [6.07, 6.45) is 1.17. The molecule has 7 heteroatoms. The summed E-state index contributed by atoms with van der Waals surface area (Å²) in [7, 11) is 3.38. The Balaban J connectivity index is 0.00000312. The third-order valence-electron chi connectivity index (χ3n) is 4.21. The van der Waals surface area contributed by atoms with Crippen molar-refractivity contribution in [2.75, 3.05) is 40.3 Å². The molecule has 1 heterocycles. The van der Waals surface area contributed by atoms with E-state index in [-0.39, 0.29) is 29.9 Å². The number of ether oxygens (including phenoxy) is 1. The van der Waals surface area contributed by atoms with Gasteiger partial charge in [-0.3, -0.25) is 9.79 Å². The van der Waals surface area contributed by atoms with E-state index >= 15 is 0 Å². The van der Waals surface area contributed by atoms with Crippen molar-refractivity contribution >= 4 is 35.8 Å². The molecule has 0 atom stereocenters. The van der Waals surface area contributed by atoms with Gasteiger partial charge in [-0.25, -0.2) is 0 Å². The van der Waals surface area contributed by atoms with Gasteiger partial charge in [0.1, 0.15) is 5.75 Å². The Morgan fingerprint density at radius 2 is 2.04 bits per heavy atom. The van der Waals surface area contributed by atoms with Crippen LogP contribution in [-0.4, -0.2) is 57.1 Å². The van der Waals surface area contributed by atoms with E-state index in [0.29, 0.717) is 29.8 Å². The minimum atomic E-state index is -0.104. The average molecular weight is 460 g/mol. The zero-order chi connectivity index (χ0) is 17.6. The van der Waals surface area contributed by atoms with Crippen molar-refractivity contribution in [1.29, 1.82) is 0 Å². The van der Waals surface area contributed by atoms with E-state index in [1.165, 1.54) is 6.42 Å². The summed E-state index contributed by atoms with van der Waals surface area (Å²) in [5, 5.41) is 6.22. The number of nitrogens with one attached hydrogen (secondary N) is 2. The van der Waals surface area contributed by atoms with Gasteiger partial charge in [0.25, 0.3) is 5.91 Å². The maximum Gasteiger partial charge on any atom is 0.251 e. The SMILES string of the molecule is CN=C(NCCNC(=O)c1cccc(OC)c1)N1CCC(C)(C)C1.I. The van der Waals surface area contributed by atoms with Crippen molar-refractivity contribution in [1.82, 2.24) is 15.5 Å². The third-order valence-corrected chi connectivity index (χ3v) is 4.21. The molecule has 140 valence electrons. The fourth-order valence-corrected chi connectivity index (χ4v) is 2.84. The number of methoxy groups -OCH3 is 1. The van der Waals surface area contributed by atoms with Crippen molar-refractivity contribution in [3.63, 3.8) is 0 Å². The molecule has 1 aliphatic rings. The van der Waals surface area contributed by atoms with Crippen LogP contribution in [0.3, 0.4) is 0 Å². The molecule has 1 aliphatic heterocycles. The van der Waals surface area contributed by atoms with Crippen molar-refractivity contribution in [2.24, 2.45) is 10.4 Å². The minimum Gasteiger partial charge on any atom is -0.497 e. The van der Waals surface area contributed by atoms with Gasteiger partial charge in [-0.05, 0) is 30.0 Å². The van der Waals surface area contributed by atoms with E-state index in [0.717, 1.165) is 19.0 Å². The average Bonchev–Trinajstić information content (AvgIpc) is 2.94. The summed E-state index contributed by atoms with van der Waals surface area (Å²) in [5.41, 5.74) is 0.929. The van der Waals surface area contributed by atoms with Gasteiger partial charge in [-0.15, -0.1) is 24.0 Å². The molecule has 0 aliphatic carbocycles. The van der Waals surface area contributed by atoms with Crippen molar-refractivity contribution < 1.29 is 9.53 Å². The maximum atomic E-state index is 12.1. The largest absolute Gasteiger partial charge is 0.497 e. The molecular formula is C18H29IN4O2. The van der Waals surface area contributed by atoms with Gasteiger partial charge >= 0.3 is 0 Å². The molecule has 0 unspecified atom stereocenters. The molecule has 2 N–H and O–H groups in total. The minimum absolute atomic E-state index is 0. The molecule has 2 rings (SSSR count). The van der Waals surface area contributed by atoms with Crippen LogP contribution in [0.5, 0.6) is 5.75 Å². The Morgan fingerprint density at radius 3 is 2.64 bits per heavy atom. The first-order chi connectivity index (χ1) is 11.4. The maximum absolute atomic E-state index is 12.1. The van der Waals surface area contributed by atoms with Gasteiger partial charge in [0.05, 0.1) is 7.11 Å². The van der Waals surface area contributed by atoms with Gasteiger partial charge in [0.2, 0.25) is 0 Å². The van der Waals surface area contributed by atoms with Crippen molar-refractivity contribution in [3.05, 3.63) is 29.8 Å². The molecule has 1 amide bonds. The van der Waals surface area contributed by atoms with Crippen molar-refractivity contribution in [3.8, 4) is 5.75 Å². The number of carbonyl (C=O) groups excluding carboxylic acids is 1. The second-order valence-corrected chi connectivity index (χ2v) is 6.80. The molecule has 1 aromatic carbocycles. The molecule has 1 fully saturated rings. The normalized spacial score (nSPS) is 16.2. The van der Waals surface area contributed by atoms with E-state index in [9.17, 15) is 4.79 Å². The standard InChI is InChI=1S/C18H28N4O2.HI/c1-18(2)8-11-22(13-18)17(19-3)21-10-9-20-16(23)14-6-5-7-15(12-14)24-4;/h5-7,12H,8-11,13H2,1-4H3,(H,19,21)(H,20,23);1H. The monoisotopic (exact) mass is 460 g/mol. The molecule has 1 aromatic rings. The number of amides is 1. The number of benzene rings is 1. The molecule has 0 radical (unpaired) electrons. The summed E-state index contributed by atoms with van der Waals surface area (Å²) >= 11 is 0. The summed E-state index contributed by atoms with van der Waals surface area (Å²) in [4.78, 5) is 18.7. The Labute approximate surface area is 167 Å². The highest BCUT2D eigenvalue weighted by atomic mass is 127. The number of halogens is 1. The smallest absolute Gasteiger partial charge is 0.251 e. The number of guanidine groups is 1. The Morgan fingerprint density at radius 1 is 1.32 bits per heavy atom. The van der Waals surface area contributed by atoms with E-state index in [1.54, 1.807) is 26.3 Å². The Bertz CT molecular complexity index is 604. The number of carbonyl (C=O) groups is 1. The first-order valence-corrected chi connectivity index (χ1v) is 8.33. The number of aliphatic imine (C=N–C) groups is 1. The highest BCUT2D eigenvalue weighted by Crippen LogP contribution is 2.28. The quantitative estimate of drug-likeness (QED) is 0.307. The summed E-state index contributed by atoms with van der Waals surface area (Å²) in [5.74, 6) is 1.47. The summed E-state index contributed by atoms with van der Waals surface area (Å²) in [6.45, 7) is 7.74. The summed E-state index contributed by atoms with van der Waals surface area (Å²) < 4.78 is 5.14. The van der Waals surface area contributed by atoms with Crippen LogP contribution in [-0.2, 0) is 0 Å². The highest BCUT2D eigenvalue weighted by molar-refractivity contribution is 14.0. The van der Waals surface area contributed by atoms with Crippen LogP contribution in [0.25, 0.3) is 0 Å². The van der Waals surface area contributed by atoms with E-state index in [4.69, 9.17) is 4.74 Å². The first-order valence-electron chi connectivity index (χ1n) is 8.33. The molecule has 6 nitrogen and oxygen atoms in total. The predicted molar refractivity (Wildman–Crippen MR) is 112 cm³/mol. The van der Waals surface area contributed by atoms with Gasteiger partial charge < -0.3 is 20.3 Å². The lowest BCUT2D eigenvalue weighted by molar-refractivity contribution is 0.0954. The number of rotatable bonds is 5. The van der Waals surface area contributed by atoms with Crippen LogP contribution in [0.1, 0.15) is 30.6 Å². The van der Waals surface area contributed by atoms with Crippen LogP contribution in [0.2, 0.25) is 0 Å². The summed E-state index contributed by atoms with van der Waals surface area (Å²) in [6, 6.07) is 7.13. The Kier molecular flexibility index (Phi) is 8.47. The van der Waals surface area contributed by atoms with Gasteiger partial charge in [-0.1, -0.05) is 19.9 Å². The predicted octanol–water partition coefficient (Wildman–Crippen LogP) is 2.35. The van der Waals surface area contributed by atoms with Gasteiger partial charge in [0, 0.05) is 38.8 Å². The van der Waals surface area contributed by atoms with Crippen LogP contribution < -0.4 is 15.4 Å². The molecule has 1 saturated heterocycles. The zero-order valence-electron chi connectivity index (χ0n) is 15.5. The van der Waals surface area contributed by atoms with Crippen LogP contribution in [0.4, 0.5) is 0 Å². The highest BCUT2D eigenvalue weighted by Gasteiger charge is 2.30. The van der Waals surface area contributed by atoms with Gasteiger partial charge in [-0.2, -0.15) is 0 Å². The van der Waals surface area contributed by atoms with E-state index < -0.39 is 0 Å². The van der Waals surface area contributed by atoms with Gasteiger partial charge in [0.15, 0.2) is 5.96 Å². The molecule has 0 spiro atoms. The zero-order valence-corrected chi connectivity index (χ0v) is 17.8. The fourth-order valence-electron chi connectivity index (χ4n) is 2.84. The molecule has 25 heavy (non-hydrogen) atoms. The van der Waals surface area contributed by atoms with Crippen molar-refractivity contribution in [2.45, 2.75) is 20.3 Å². The van der Waals surface area contributed by atoms with Crippen LogP contribution >= 0.6 is 24.0 Å². The lowest BCUT2D eigenvalue weighted by atomic mass is 9.93. The second kappa shape index (κ2) is 9.84. The lowest BCUT2D eigenvalue weighted by Gasteiger charge is -2.23. The number of nitrogens with zero attached hydrogens (tertiary/aromatic N) is 2. The Hall–Kier alpha value is -1.51. The number of likely N-dealkylation sites (tertiary alicyclic amines) is 1. The second-order valence-electron chi connectivity index (χ2n) is 6.80. The molecule has 0 aromatic heterocycles. The van der Waals surface area contributed by atoms with Crippen LogP contribution in [0, 0.1) is 5.41 Å². The number of hydrogen-bond acceptors (Lipinski definition) is 3.